The van der Waals surface area contributed by atoms with Crippen molar-refractivity contribution >= 4 is 11.8 Å². The zero-order chi connectivity index (χ0) is 15.4. The lowest BCUT2D eigenvalue weighted by Crippen LogP contribution is -2.50. The van der Waals surface area contributed by atoms with Gasteiger partial charge in [0.2, 0.25) is 11.9 Å². The summed E-state index contributed by atoms with van der Waals surface area (Å²) in [6.45, 7) is 6.12. The molecule has 0 aliphatic carbocycles. The van der Waals surface area contributed by atoms with Gasteiger partial charge < -0.3 is 9.80 Å². The molecule has 5 nitrogen and oxygen atoms in total. The molecule has 2 heterocycles. The van der Waals surface area contributed by atoms with E-state index < -0.39 is 5.95 Å². The second-order valence-corrected chi connectivity index (χ2v) is 5.64. The first-order valence-electron chi connectivity index (χ1n) is 7.16. The third-order valence-electron chi connectivity index (χ3n) is 3.48. The van der Waals surface area contributed by atoms with Crippen molar-refractivity contribution in [3.8, 4) is 0 Å². The van der Waals surface area contributed by atoms with Crippen LogP contribution in [0, 0.1) is 11.9 Å². The number of nitrogens with zero attached hydrogens (tertiary/aromatic N) is 3. The summed E-state index contributed by atoms with van der Waals surface area (Å²) in [5.41, 5.74) is 0.373. The van der Waals surface area contributed by atoms with Crippen molar-refractivity contribution in [2.24, 2.45) is 5.92 Å². The van der Waals surface area contributed by atoms with Crippen LogP contribution in [-0.4, -0.2) is 52.8 Å². The highest BCUT2D eigenvalue weighted by molar-refractivity contribution is 5.94. The average Bonchev–Trinajstić information content (AvgIpc) is 2.47. The number of amides is 2. The van der Waals surface area contributed by atoms with Crippen LogP contribution in [0.3, 0.4) is 0 Å². The highest BCUT2D eigenvalue weighted by Gasteiger charge is 2.25. The van der Waals surface area contributed by atoms with Crippen LogP contribution in [0.4, 0.5) is 4.39 Å². The van der Waals surface area contributed by atoms with Crippen molar-refractivity contribution in [3.63, 3.8) is 0 Å². The van der Waals surface area contributed by atoms with Crippen LogP contribution in [0.1, 0.15) is 30.6 Å². The van der Waals surface area contributed by atoms with E-state index in [9.17, 15) is 14.0 Å². The molecule has 2 amide bonds. The third-order valence-corrected chi connectivity index (χ3v) is 3.48. The second-order valence-electron chi connectivity index (χ2n) is 5.64. The summed E-state index contributed by atoms with van der Waals surface area (Å²) < 4.78 is 12.8. The lowest BCUT2D eigenvalue weighted by molar-refractivity contribution is -0.133. The fourth-order valence-corrected chi connectivity index (χ4v) is 2.32. The predicted molar refractivity (Wildman–Crippen MR) is 76.1 cm³/mol. The molecule has 21 heavy (non-hydrogen) atoms. The molecule has 114 valence electrons. The van der Waals surface area contributed by atoms with Crippen LogP contribution in [0.2, 0.25) is 0 Å². The highest BCUT2D eigenvalue weighted by atomic mass is 19.1. The van der Waals surface area contributed by atoms with E-state index in [0.29, 0.717) is 44.1 Å². The first kappa shape index (κ1) is 15.4. The number of hydrogen-bond donors (Lipinski definition) is 0. The van der Waals surface area contributed by atoms with Gasteiger partial charge in [-0.05, 0) is 18.1 Å². The summed E-state index contributed by atoms with van der Waals surface area (Å²) in [5, 5.41) is 0. The lowest BCUT2D eigenvalue weighted by Gasteiger charge is -2.35. The standard InChI is InChI=1S/C15H20FN3O2/c1-11(2)9-14(20)18-5-7-19(8-6-18)15(21)12-3-4-13(16)17-10-12/h3-4,10-11H,5-9H2,1-2H3. The number of piperazine rings is 1. The second kappa shape index (κ2) is 6.65. The van der Waals surface area contributed by atoms with Gasteiger partial charge in [-0.3, -0.25) is 9.59 Å². The smallest absolute Gasteiger partial charge is 0.255 e. The van der Waals surface area contributed by atoms with Gasteiger partial charge in [0.05, 0.1) is 5.56 Å². The van der Waals surface area contributed by atoms with Gasteiger partial charge in [0.25, 0.3) is 5.91 Å². The third kappa shape index (κ3) is 4.00. The predicted octanol–water partition coefficient (Wildman–Crippen LogP) is 1.55. The van der Waals surface area contributed by atoms with Crippen molar-refractivity contribution in [2.75, 3.05) is 26.2 Å². The number of carbonyl (C=O) groups excluding carboxylic acids is 2. The van der Waals surface area contributed by atoms with Gasteiger partial charge in [0.15, 0.2) is 0 Å². The largest absolute Gasteiger partial charge is 0.339 e. The molecular weight excluding hydrogens is 273 g/mol. The molecule has 2 rings (SSSR count). The fraction of sp³-hybridized carbons (Fsp3) is 0.533. The van der Waals surface area contributed by atoms with Gasteiger partial charge in [-0.15, -0.1) is 0 Å². The van der Waals surface area contributed by atoms with Crippen LogP contribution < -0.4 is 0 Å². The van der Waals surface area contributed by atoms with Crippen molar-refractivity contribution in [3.05, 3.63) is 29.8 Å². The van der Waals surface area contributed by atoms with E-state index in [2.05, 4.69) is 4.98 Å². The number of rotatable bonds is 3. The molecular formula is C15H20FN3O2. The van der Waals surface area contributed by atoms with E-state index in [4.69, 9.17) is 0 Å². The van der Waals surface area contributed by atoms with Crippen LogP contribution in [0.25, 0.3) is 0 Å². The number of halogens is 1. The van der Waals surface area contributed by atoms with E-state index >= 15 is 0 Å². The molecule has 1 fully saturated rings. The molecule has 0 N–H and O–H groups in total. The topological polar surface area (TPSA) is 53.5 Å². The normalized spacial score (nSPS) is 15.4. The molecule has 0 spiro atoms. The van der Waals surface area contributed by atoms with Gasteiger partial charge in [-0.25, -0.2) is 4.98 Å². The number of carbonyl (C=O) groups is 2. The van der Waals surface area contributed by atoms with Gasteiger partial charge in [-0.2, -0.15) is 4.39 Å². The highest BCUT2D eigenvalue weighted by Crippen LogP contribution is 2.11. The zero-order valence-corrected chi connectivity index (χ0v) is 12.4. The molecule has 0 atom stereocenters. The maximum atomic E-state index is 12.8. The van der Waals surface area contributed by atoms with Crippen molar-refractivity contribution in [1.82, 2.24) is 14.8 Å². The Morgan fingerprint density at radius 1 is 1.19 bits per heavy atom. The molecule has 6 heteroatoms. The zero-order valence-electron chi connectivity index (χ0n) is 12.4. The summed E-state index contributed by atoms with van der Waals surface area (Å²) in [5.74, 6) is -0.294. The summed E-state index contributed by atoms with van der Waals surface area (Å²) >= 11 is 0. The molecule has 1 aromatic rings. The summed E-state index contributed by atoms with van der Waals surface area (Å²) in [4.78, 5) is 31.2. The van der Waals surface area contributed by atoms with Crippen LogP contribution >= 0.6 is 0 Å². The minimum absolute atomic E-state index is 0.139. The van der Waals surface area contributed by atoms with E-state index in [-0.39, 0.29) is 11.8 Å². The fourth-order valence-electron chi connectivity index (χ4n) is 2.32. The Morgan fingerprint density at radius 2 is 1.81 bits per heavy atom. The Morgan fingerprint density at radius 3 is 2.33 bits per heavy atom. The first-order chi connectivity index (χ1) is 9.97. The van der Waals surface area contributed by atoms with E-state index in [0.717, 1.165) is 0 Å². The number of aromatic nitrogens is 1. The first-order valence-corrected chi connectivity index (χ1v) is 7.16. The average molecular weight is 293 g/mol. The van der Waals surface area contributed by atoms with E-state index in [1.807, 2.05) is 13.8 Å². The SMILES string of the molecule is CC(C)CC(=O)N1CCN(C(=O)c2ccc(F)nc2)CC1. The Labute approximate surface area is 123 Å². The van der Waals surface area contributed by atoms with Crippen molar-refractivity contribution in [1.29, 1.82) is 0 Å². The minimum Gasteiger partial charge on any atom is -0.339 e. The van der Waals surface area contributed by atoms with Gasteiger partial charge >= 0.3 is 0 Å². The van der Waals surface area contributed by atoms with E-state index in [1.165, 1.54) is 18.3 Å². The molecule has 1 saturated heterocycles. The maximum Gasteiger partial charge on any atom is 0.255 e. The summed E-state index contributed by atoms with van der Waals surface area (Å²) in [6, 6.07) is 2.61. The molecule has 0 unspecified atom stereocenters. The molecule has 0 saturated carbocycles. The molecule has 0 radical (unpaired) electrons. The van der Waals surface area contributed by atoms with Gasteiger partial charge in [0, 0.05) is 38.8 Å². The van der Waals surface area contributed by atoms with Gasteiger partial charge in [-0.1, -0.05) is 13.8 Å². The quantitative estimate of drug-likeness (QED) is 0.795. The lowest BCUT2D eigenvalue weighted by atomic mass is 10.1. The van der Waals surface area contributed by atoms with Crippen molar-refractivity contribution in [2.45, 2.75) is 20.3 Å². The molecule has 0 aromatic carbocycles. The maximum absolute atomic E-state index is 12.8. The molecule has 1 aliphatic heterocycles. The summed E-state index contributed by atoms with van der Waals surface area (Å²) in [7, 11) is 0. The Bertz CT molecular complexity index is 508. The molecule has 1 aromatic heterocycles. The van der Waals surface area contributed by atoms with Crippen LogP contribution in [0.15, 0.2) is 18.3 Å². The number of hydrogen-bond acceptors (Lipinski definition) is 3. The molecule has 1 aliphatic rings. The monoisotopic (exact) mass is 293 g/mol. The van der Waals surface area contributed by atoms with Crippen LogP contribution in [0.5, 0.6) is 0 Å². The Kier molecular flexibility index (Phi) is 4.88. The van der Waals surface area contributed by atoms with Crippen molar-refractivity contribution < 1.29 is 14.0 Å². The molecule has 0 bridgehead atoms. The Hall–Kier alpha value is -1.98. The number of pyridine rings is 1. The van der Waals surface area contributed by atoms with Gasteiger partial charge in [0.1, 0.15) is 0 Å². The van der Waals surface area contributed by atoms with Crippen LogP contribution in [-0.2, 0) is 4.79 Å². The summed E-state index contributed by atoms with van der Waals surface area (Å²) in [6.07, 6.45) is 1.78. The van der Waals surface area contributed by atoms with E-state index in [1.54, 1.807) is 9.80 Å². The Balaban J connectivity index is 1.90. The minimum atomic E-state index is -0.601.